The number of halogens is 2. The predicted molar refractivity (Wildman–Crippen MR) is 101 cm³/mol. The van der Waals surface area contributed by atoms with Crippen molar-refractivity contribution in [2.75, 3.05) is 5.32 Å². The molecule has 0 aliphatic carbocycles. The second kappa shape index (κ2) is 5.77. The summed E-state index contributed by atoms with van der Waals surface area (Å²) in [5.41, 5.74) is 3.25. The standard InChI is InChI=1S/C19H13Br2NO/c20-12-5-3-4-11(8-12)15-10-18(23)22-19-14-7-2-1-6-13(14)17(21)9-16(15)19/h1-9,15H,10H2,(H,22,23)/t15-/m1/s1. The van der Waals surface area contributed by atoms with Crippen LogP contribution < -0.4 is 5.32 Å². The summed E-state index contributed by atoms with van der Waals surface area (Å²) in [6, 6.07) is 18.5. The summed E-state index contributed by atoms with van der Waals surface area (Å²) >= 11 is 7.21. The summed E-state index contributed by atoms with van der Waals surface area (Å²) in [5, 5.41) is 5.26. The molecule has 0 saturated carbocycles. The molecule has 1 N–H and O–H groups in total. The van der Waals surface area contributed by atoms with Crippen LogP contribution in [0.4, 0.5) is 5.69 Å². The van der Waals surface area contributed by atoms with Crippen molar-refractivity contribution in [2.45, 2.75) is 12.3 Å². The van der Waals surface area contributed by atoms with E-state index in [-0.39, 0.29) is 11.8 Å². The first kappa shape index (κ1) is 14.9. The molecular weight excluding hydrogens is 418 g/mol. The van der Waals surface area contributed by atoms with Crippen LogP contribution in [0.25, 0.3) is 10.8 Å². The fraction of sp³-hybridized carbons (Fsp3) is 0.105. The Morgan fingerprint density at radius 3 is 2.52 bits per heavy atom. The molecule has 4 rings (SSSR count). The molecule has 4 heteroatoms. The maximum Gasteiger partial charge on any atom is 0.225 e. The molecular formula is C19H13Br2NO. The second-order valence-corrected chi connectivity index (χ2v) is 7.50. The van der Waals surface area contributed by atoms with Gasteiger partial charge in [0.15, 0.2) is 0 Å². The maximum atomic E-state index is 12.3. The number of hydrogen-bond acceptors (Lipinski definition) is 1. The molecule has 2 nitrogen and oxygen atoms in total. The summed E-state index contributed by atoms with van der Waals surface area (Å²) in [6.45, 7) is 0. The molecule has 0 fully saturated rings. The molecule has 0 radical (unpaired) electrons. The summed E-state index contributed by atoms with van der Waals surface area (Å²) in [7, 11) is 0. The van der Waals surface area contributed by atoms with Gasteiger partial charge in [-0.05, 0) is 34.7 Å². The predicted octanol–water partition coefficient (Wildman–Crippen LogP) is 5.84. The molecule has 0 aromatic heterocycles. The number of carbonyl (C=O) groups is 1. The van der Waals surface area contributed by atoms with Gasteiger partial charge in [-0.3, -0.25) is 4.79 Å². The van der Waals surface area contributed by atoms with Crippen molar-refractivity contribution in [3.8, 4) is 0 Å². The summed E-state index contributed by atoms with van der Waals surface area (Å²) in [6.07, 6.45) is 0.467. The minimum Gasteiger partial charge on any atom is -0.325 e. The van der Waals surface area contributed by atoms with E-state index in [0.717, 1.165) is 36.5 Å². The van der Waals surface area contributed by atoms with Crippen LogP contribution >= 0.6 is 31.9 Å². The lowest BCUT2D eigenvalue weighted by Crippen LogP contribution is -2.23. The largest absolute Gasteiger partial charge is 0.325 e. The van der Waals surface area contributed by atoms with E-state index in [4.69, 9.17) is 0 Å². The molecule has 0 bridgehead atoms. The SMILES string of the molecule is O=C1C[C@H](c2cccc(Br)c2)c2cc(Br)c3ccccc3c2N1. The van der Waals surface area contributed by atoms with Crippen LogP contribution in [-0.2, 0) is 4.79 Å². The monoisotopic (exact) mass is 429 g/mol. The van der Waals surface area contributed by atoms with Crippen LogP contribution in [0, 0.1) is 0 Å². The van der Waals surface area contributed by atoms with E-state index in [1.807, 2.05) is 24.3 Å². The maximum absolute atomic E-state index is 12.3. The van der Waals surface area contributed by atoms with Crippen molar-refractivity contribution >= 4 is 54.2 Å². The highest BCUT2D eigenvalue weighted by molar-refractivity contribution is 9.11. The molecule has 0 spiro atoms. The first-order valence-electron chi connectivity index (χ1n) is 7.40. The van der Waals surface area contributed by atoms with Crippen LogP contribution in [0.1, 0.15) is 23.5 Å². The summed E-state index contributed by atoms with van der Waals surface area (Å²) in [5.74, 6) is 0.132. The minimum absolute atomic E-state index is 0.0648. The molecule has 0 unspecified atom stereocenters. The third kappa shape index (κ3) is 2.60. The van der Waals surface area contributed by atoms with Crippen LogP contribution in [0.5, 0.6) is 0 Å². The van der Waals surface area contributed by atoms with Crippen molar-refractivity contribution in [1.82, 2.24) is 0 Å². The van der Waals surface area contributed by atoms with Gasteiger partial charge in [-0.25, -0.2) is 0 Å². The van der Waals surface area contributed by atoms with Crippen molar-refractivity contribution in [2.24, 2.45) is 0 Å². The topological polar surface area (TPSA) is 29.1 Å². The van der Waals surface area contributed by atoms with Gasteiger partial charge in [-0.1, -0.05) is 68.3 Å². The molecule has 1 amide bonds. The highest BCUT2D eigenvalue weighted by atomic mass is 79.9. The van der Waals surface area contributed by atoms with Crippen LogP contribution in [0.15, 0.2) is 63.5 Å². The molecule has 23 heavy (non-hydrogen) atoms. The normalized spacial score (nSPS) is 17.0. The Hall–Kier alpha value is -1.65. The van der Waals surface area contributed by atoms with Crippen molar-refractivity contribution in [1.29, 1.82) is 0 Å². The quantitative estimate of drug-likeness (QED) is 0.516. The summed E-state index contributed by atoms with van der Waals surface area (Å²) in [4.78, 5) is 12.3. The average Bonchev–Trinajstić information content (AvgIpc) is 2.55. The number of benzene rings is 3. The molecule has 114 valence electrons. The number of fused-ring (bicyclic) bond motifs is 3. The van der Waals surface area contributed by atoms with Crippen LogP contribution in [0.3, 0.4) is 0 Å². The number of carbonyl (C=O) groups excluding carboxylic acids is 1. The lowest BCUT2D eigenvalue weighted by molar-refractivity contribution is -0.116. The molecule has 3 aromatic rings. The van der Waals surface area contributed by atoms with Gasteiger partial charge < -0.3 is 5.32 Å². The summed E-state index contributed by atoms with van der Waals surface area (Å²) < 4.78 is 2.09. The number of anilines is 1. The van der Waals surface area contributed by atoms with Gasteiger partial charge in [-0.2, -0.15) is 0 Å². The Labute approximate surface area is 151 Å². The lowest BCUT2D eigenvalue weighted by Gasteiger charge is -2.28. The Kier molecular flexibility index (Phi) is 3.74. The smallest absolute Gasteiger partial charge is 0.225 e. The zero-order chi connectivity index (χ0) is 16.0. The van der Waals surface area contributed by atoms with E-state index < -0.39 is 0 Å². The van der Waals surface area contributed by atoms with E-state index in [1.165, 1.54) is 0 Å². The number of hydrogen-bond donors (Lipinski definition) is 1. The molecule has 1 heterocycles. The van der Waals surface area contributed by atoms with E-state index >= 15 is 0 Å². The Morgan fingerprint density at radius 1 is 0.957 bits per heavy atom. The van der Waals surface area contributed by atoms with E-state index in [9.17, 15) is 4.79 Å². The second-order valence-electron chi connectivity index (χ2n) is 5.73. The lowest BCUT2D eigenvalue weighted by atomic mass is 9.83. The number of rotatable bonds is 1. The zero-order valence-corrected chi connectivity index (χ0v) is 15.3. The van der Waals surface area contributed by atoms with E-state index in [2.05, 4.69) is 67.5 Å². The Balaban J connectivity index is 1.99. The van der Waals surface area contributed by atoms with Crippen LogP contribution in [-0.4, -0.2) is 5.91 Å². The number of nitrogens with one attached hydrogen (secondary N) is 1. The third-order valence-corrected chi connectivity index (χ3v) is 5.45. The molecule has 0 saturated heterocycles. The van der Waals surface area contributed by atoms with Gasteiger partial charge >= 0.3 is 0 Å². The highest BCUT2D eigenvalue weighted by Gasteiger charge is 2.28. The van der Waals surface area contributed by atoms with Crippen molar-refractivity contribution in [3.05, 3.63) is 74.7 Å². The third-order valence-electron chi connectivity index (χ3n) is 4.31. The number of amides is 1. The average molecular weight is 431 g/mol. The van der Waals surface area contributed by atoms with Gasteiger partial charge in [0, 0.05) is 26.7 Å². The van der Waals surface area contributed by atoms with Gasteiger partial charge in [-0.15, -0.1) is 0 Å². The van der Waals surface area contributed by atoms with Gasteiger partial charge in [0.2, 0.25) is 5.91 Å². The molecule has 1 aliphatic heterocycles. The molecule has 3 aromatic carbocycles. The van der Waals surface area contributed by atoms with Gasteiger partial charge in [0.25, 0.3) is 0 Å². The zero-order valence-electron chi connectivity index (χ0n) is 12.1. The van der Waals surface area contributed by atoms with E-state index in [0.29, 0.717) is 6.42 Å². The van der Waals surface area contributed by atoms with Crippen LogP contribution in [0.2, 0.25) is 0 Å². The first-order chi connectivity index (χ1) is 11.1. The fourth-order valence-electron chi connectivity index (χ4n) is 3.27. The van der Waals surface area contributed by atoms with Crippen molar-refractivity contribution < 1.29 is 4.79 Å². The van der Waals surface area contributed by atoms with Gasteiger partial charge in [0.05, 0.1) is 5.69 Å². The first-order valence-corrected chi connectivity index (χ1v) is 8.98. The fourth-order valence-corrected chi connectivity index (χ4v) is 4.28. The highest BCUT2D eigenvalue weighted by Crippen LogP contribution is 2.43. The van der Waals surface area contributed by atoms with Crippen molar-refractivity contribution in [3.63, 3.8) is 0 Å². The van der Waals surface area contributed by atoms with Gasteiger partial charge in [0.1, 0.15) is 0 Å². The molecule has 1 atom stereocenters. The Bertz CT molecular complexity index is 936. The molecule has 1 aliphatic rings. The van der Waals surface area contributed by atoms with E-state index in [1.54, 1.807) is 0 Å². The Morgan fingerprint density at radius 2 is 1.74 bits per heavy atom. The minimum atomic E-state index is 0.0648.